The topological polar surface area (TPSA) is 24.1 Å². The molecule has 1 heterocycles. The molecule has 0 saturated carbocycles. The van der Waals surface area contributed by atoms with Gasteiger partial charge in [-0.25, -0.2) is 4.39 Å². The minimum Gasteiger partial charge on any atom is -0.378 e. The summed E-state index contributed by atoms with van der Waals surface area (Å²) in [5, 5.41) is 6.42. The zero-order valence-corrected chi connectivity index (χ0v) is 9.27. The minimum absolute atomic E-state index is 0.203. The largest absolute Gasteiger partial charge is 0.378 e. The lowest BCUT2D eigenvalue weighted by Crippen LogP contribution is -2.22. The van der Waals surface area contributed by atoms with Crippen molar-refractivity contribution in [2.24, 2.45) is 0 Å². The highest BCUT2D eigenvalue weighted by Gasteiger charge is 2.16. The summed E-state index contributed by atoms with van der Waals surface area (Å²) in [6.07, 6.45) is 1.04. The lowest BCUT2D eigenvalue weighted by Gasteiger charge is -2.14. The number of anilines is 1. The van der Waals surface area contributed by atoms with Gasteiger partial charge in [0, 0.05) is 17.1 Å². The smallest absolute Gasteiger partial charge is 0.147 e. The summed E-state index contributed by atoms with van der Waals surface area (Å²) in [5.41, 5.74) is 0.571. The van der Waals surface area contributed by atoms with Gasteiger partial charge in [0.2, 0.25) is 0 Å². The molecule has 1 unspecified atom stereocenters. The number of nitrogens with one attached hydrogen (secondary N) is 2. The number of hydrogen-bond donors (Lipinski definition) is 2. The quantitative estimate of drug-likeness (QED) is 0.852. The van der Waals surface area contributed by atoms with E-state index in [0.717, 1.165) is 24.0 Å². The average molecular weight is 259 g/mol. The van der Waals surface area contributed by atoms with Crippen LogP contribution in [-0.2, 0) is 0 Å². The molecule has 2 rings (SSSR count). The number of para-hydroxylation sites is 1. The van der Waals surface area contributed by atoms with Gasteiger partial charge in [0.25, 0.3) is 0 Å². The van der Waals surface area contributed by atoms with E-state index in [-0.39, 0.29) is 5.82 Å². The Morgan fingerprint density at radius 1 is 1.50 bits per heavy atom. The van der Waals surface area contributed by atoms with Crippen molar-refractivity contribution < 1.29 is 4.39 Å². The van der Waals surface area contributed by atoms with Crippen LogP contribution in [0.4, 0.5) is 10.1 Å². The third-order valence-electron chi connectivity index (χ3n) is 2.37. The Morgan fingerprint density at radius 3 is 3.00 bits per heavy atom. The standard InChI is InChI=1S/C10H12BrFN2/c11-8-2-1-3-9(12)10(8)14-7-4-5-13-6-7/h1-3,7,13-14H,4-6H2. The second-order valence-corrected chi connectivity index (χ2v) is 4.29. The fourth-order valence-corrected chi connectivity index (χ4v) is 2.07. The van der Waals surface area contributed by atoms with Crippen molar-refractivity contribution in [2.75, 3.05) is 18.4 Å². The lowest BCUT2D eigenvalue weighted by atomic mass is 10.2. The molecule has 0 spiro atoms. The summed E-state index contributed by atoms with van der Waals surface area (Å²) in [5.74, 6) is -0.203. The van der Waals surface area contributed by atoms with E-state index in [1.54, 1.807) is 6.07 Å². The fourth-order valence-electron chi connectivity index (χ4n) is 1.62. The monoisotopic (exact) mass is 258 g/mol. The van der Waals surface area contributed by atoms with Crippen LogP contribution < -0.4 is 10.6 Å². The first kappa shape index (κ1) is 9.93. The maximum Gasteiger partial charge on any atom is 0.147 e. The Kier molecular flexibility index (Phi) is 3.03. The minimum atomic E-state index is -0.203. The molecular weight excluding hydrogens is 247 g/mol. The van der Waals surface area contributed by atoms with Crippen molar-refractivity contribution in [3.05, 3.63) is 28.5 Å². The zero-order chi connectivity index (χ0) is 9.97. The van der Waals surface area contributed by atoms with E-state index in [0.29, 0.717) is 11.7 Å². The van der Waals surface area contributed by atoms with Crippen LogP contribution in [-0.4, -0.2) is 19.1 Å². The molecule has 2 nitrogen and oxygen atoms in total. The van der Waals surface area contributed by atoms with Crippen molar-refractivity contribution in [3.63, 3.8) is 0 Å². The van der Waals surface area contributed by atoms with Crippen LogP contribution in [0.25, 0.3) is 0 Å². The van der Waals surface area contributed by atoms with Crippen LogP contribution in [0.3, 0.4) is 0 Å². The van der Waals surface area contributed by atoms with Crippen molar-refractivity contribution >= 4 is 21.6 Å². The molecular formula is C10H12BrFN2. The molecule has 1 aromatic rings. The summed E-state index contributed by atoms with van der Waals surface area (Å²) < 4.78 is 14.2. The molecule has 1 saturated heterocycles. The van der Waals surface area contributed by atoms with Gasteiger partial charge in [-0.1, -0.05) is 6.07 Å². The first-order valence-electron chi connectivity index (χ1n) is 4.68. The number of benzene rings is 1. The third-order valence-corrected chi connectivity index (χ3v) is 3.03. The maximum absolute atomic E-state index is 13.4. The fraction of sp³-hybridized carbons (Fsp3) is 0.400. The highest BCUT2D eigenvalue weighted by molar-refractivity contribution is 9.10. The van der Waals surface area contributed by atoms with E-state index in [9.17, 15) is 4.39 Å². The number of rotatable bonds is 2. The van der Waals surface area contributed by atoms with Crippen LogP contribution >= 0.6 is 15.9 Å². The SMILES string of the molecule is Fc1cccc(Br)c1NC1CCNC1. The molecule has 1 aliphatic rings. The maximum atomic E-state index is 13.4. The van der Waals surface area contributed by atoms with E-state index >= 15 is 0 Å². The number of hydrogen-bond acceptors (Lipinski definition) is 2. The average Bonchev–Trinajstić information content (AvgIpc) is 2.64. The van der Waals surface area contributed by atoms with Gasteiger partial charge in [0.05, 0.1) is 5.69 Å². The molecule has 2 N–H and O–H groups in total. The molecule has 4 heteroatoms. The Morgan fingerprint density at radius 2 is 2.36 bits per heavy atom. The van der Waals surface area contributed by atoms with Crippen LogP contribution in [0.2, 0.25) is 0 Å². The van der Waals surface area contributed by atoms with Gasteiger partial charge in [-0.2, -0.15) is 0 Å². The predicted octanol–water partition coefficient (Wildman–Crippen LogP) is 2.36. The molecule has 1 atom stereocenters. The molecule has 76 valence electrons. The summed E-state index contributed by atoms with van der Waals surface area (Å²) in [7, 11) is 0. The summed E-state index contributed by atoms with van der Waals surface area (Å²) >= 11 is 3.33. The van der Waals surface area contributed by atoms with E-state index < -0.39 is 0 Å². The Hall–Kier alpha value is -0.610. The lowest BCUT2D eigenvalue weighted by molar-refractivity contribution is 0.625. The van der Waals surface area contributed by atoms with Crippen LogP contribution in [0.15, 0.2) is 22.7 Å². The van der Waals surface area contributed by atoms with Crippen molar-refractivity contribution in [2.45, 2.75) is 12.5 Å². The molecule has 0 bridgehead atoms. The van der Waals surface area contributed by atoms with Crippen LogP contribution in [0, 0.1) is 5.82 Å². The van der Waals surface area contributed by atoms with Crippen LogP contribution in [0.1, 0.15) is 6.42 Å². The molecule has 0 amide bonds. The van der Waals surface area contributed by atoms with Gasteiger partial charge in [-0.05, 0) is 41.0 Å². The highest BCUT2D eigenvalue weighted by atomic mass is 79.9. The van der Waals surface area contributed by atoms with Crippen molar-refractivity contribution in [1.82, 2.24) is 5.32 Å². The molecule has 0 radical (unpaired) electrons. The molecule has 0 aromatic heterocycles. The first-order valence-corrected chi connectivity index (χ1v) is 5.48. The second-order valence-electron chi connectivity index (χ2n) is 3.43. The summed E-state index contributed by atoms with van der Waals surface area (Å²) in [4.78, 5) is 0. The zero-order valence-electron chi connectivity index (χ0n) is 7.69. The summed E-state index contributed by atoms with van der Waals surface area (Å²) in [6.45, 7) is 1.91. The normalized spacial score (nSPS) is 21.1. The molecule has 1 aromatic carbocycles. The van der Waals surface area contributed by atoms with Crippen LogP contribution in [0.5, 0.6) is 0 Å². The Balaban J connectivity index is 2.14. The predicted molar refractivity (Wildman–Crippen MR) is 59.0 cm³/mol. The van der Waals surface area contributed by atoms with Gasteiger partial charge < -0.3 is 10.6 Å². The van der Waals surface area contributed by atoms with Crippen molar-refractivity contribution in [3.8, 4) is 0 Å². The van der Waals surface area contributed by atoms with E-state index in [4.69, 9.17) is 0 Å². The van der Waals surface area contributed by atoms with Crippen molar-refractivity contribution in [1.29, 1.82) is 0 Å². The molecule has 14 heavy (non-hydrogen) atoms. The van der Waals surface area contributed by atoms with Gasteiger partial charge >= 0.3 is 0 Å². The second kappa shape index (κ2) is 4.28. The van der Waals surface area contributed by atoms with Gasteiger partial charge in [0.15, 0.2) is 0 Å². The van der Waals surface area contributed by atoms with E-state index in [1.165, 1.54) is 6.07 Å². The van der Waals surface area contributed by atoms with Gasteiger partial charge in [-0.15, -0.1) is 0 Å². The molecule has 1 aliphatic heterocycles. The highest BCUT2D eigenvalue weighted by Crippen LogP contribution is 2.26. The molecule has 1 fully saturated rings. The van der Waals surface area contributed by atoms with E-state index in [1.807, 2.05) is 6.07 Å². The van der Waals surface area contributed by atoms with Gasteiger partial charge in [0.1, 0.15) is 5.82 Å². The van der Waals surface area contributed by atoms with E-state index in [2.05, 4.69) is 26.6 Å². The number of halogens is 2. The third kappa shape index (κ3) is 2.07. The van der Waals surface area contributed by atoms with Gasteiger partial charge in [-0.3, -0.25) is 0 Å². The molecule has 0 aliphatic carbocycles. The first-order chi connectivity index (χ1) is 6.77. The summed E-state index contributed by atoms with van der Waals surface area (Å²) in [6, 6.07) is 5.34. The Labute approximate surface area is 91.0 Å². The Bertz CT molecular complexity index is 304.